The fraction of sp³-hybridized carbons (Fsp3) is 0.385. The van der Waals surface area contributed by atoms with E-state index < -0.39 is 5.97 Å². The minimum Gasteiger partial charge on any atom is -0.478 e. The highest BCUT2D eigenvalue weighted by Crippen LogP contribution is 2.14. The van der Waals surface area contributed by atoms with Crippen molar-refractivity contribution < 1.29 is 9.90 Å². The summed E-state index contributed by atoms with van der Waals surface area (Å²) in [6, 6.07) is 6.25. The van der Waals surface area contributed by atoms with Gasteiger partial charge in [-0.25, -0.2) is 4.79 Å². The van der Waals surface area contributed by atoms with E-state index in [0.29, 0.717) is 5.69 Å². The zero-order chi connectivity index (χ0) is 14.7. The van der Waals surface area contributed by atoms with E-state index in [2.05, 4.69) is 0 Å². The molecule has 1 aromatic carbocycles. The number of guanidine groups is 1. The lowest BCUT2D eigenvalue weighted by Crippen LogP contribution is -2.32. The van der Waals surface area contributed by atoms with Gasteiger partial charge in [-0.2, -0.15) is 0 Å². The van der Waals surface area contributed by atoms with Gasteiger partial charge in [0.25, 0.3) is 0 Å². The average Bonchev–Trinajstić information content (AvgIpc) is 2.42. The maximum Gasteiger partial charge on any atom is 0.335 e. The molecule has 1 rings (SSSR count). The summed E-state index contributed by atoms with van der Waals surface area (Å²) in [7, 11) is 1.60. The number of carboxylic acids is 1. The van der Waals surface area contributed by atoms with Crippen molar-refractivity contribution in [1.29, 1.82) is 5.41 Å². The summed E-state index contributed by atoms with van der Waals surface area (Å²) < 4.78 is 0. The lowest BCUT2D eigenvalue weighted by Gasteiger charge is -2.16. The van der Waals surface area contributed by atoms with Gasteiger partial charge >= 0.3 is 5.97 Å². The van der Waals surface area contributed by atoms with Crippen LogP contribution in [0.1, 0.15) is 38.1 Å². The Morgan fingerprint density at radius 3 is 2.17 bits per heavy atom. The maximum absolute atomic E-state index is 10.6. The van der Waals surface area contributed by atoms with Crippen LogP contribution in [0.25, 0.3) is 0 Å². The number of carbonyl (C=O) groups is 1. The zero-order valence-corrected chi connectivity index (χ0v) is 11.7. The van der Waals surface area contributed by atoms with E-state index >= 15 is 0 Å². The number of nitrogens with two attached hydrogens (primary N) is 1. The van der Waals surface area contributed by atoms with E-state index in [-0.39, 0.29) is 11.5 Å². The summed E-state index contributed by atoms with van der Waals surface area (Å²) in [6.07, 6.45) is 0. The number of nitrogens with one attached hydrogen (secondary N) is 1. The number of rotatable bonds is 2. The molecule has 0 aliphatic rings. The van der Waals surface area contributed by atoms with Crippen LogP contribution in [-0.2, 0) is 0 Å². The van der Waals surface area contributed by atoms with Crippen LogP contribution in [0.2, 0.25) is 0 Å². The van der Waals surface area contributed by atoms with Crippen LogP contribution in [0.5, 0.6) is 0 Å². The Kier molecular flexibility index (Phi) is 10.3. The van der Waals surface area contributed by atoms with Crippen molar-refractivity contribution in [1.82, 2.24) is 0 Å². The van der Waals surface area contributed by atoms with E-state index in [1.165, 1.54) is 17.0 Å². The Balaban J connectivity index is 0. The third-order valence-corrected chi connectivity index (χ3v) is 1.84. The van der Waals surface area contributed by atoms with Gasteiger partial charge in [-0.1, -0.05) is 33.8 Å². The number of benzene rings is 1. The molecule has 0 amide bonds. The molecule has 0 fully saturated rings. The molecule has 0 aromatic heterocycles. The Morgan fingerprint density at radius 1 is 1.28 bits per heavy atom. The fourth-order valence-corrected chi connectivity index (χ4v) is 0.987. The van der Waals surface area contributed by atoms with Gasteiger partial charge < -0.3 is 15.7 Å². The first-order valence-corrected chi connectivity index (χ1v) is 5.93. The monoisotopic (exact) mass is 253 g/mol. The van der Waals surface area contributed by atoms with Gasteiger partial charge in [-0.05, 0) is 18.2 Å². The number of anilines is 1. The van der Waals surface area contributed by atoms with E-state index in [4.69, 9.17) is 16.2 Å². The third-order valence-electron chi connectivity index (χ3n) is 1.84. The van der Waals surface area contributed by atoms with Crippen LogP contribution in [0.3, 0.4) is 0 Å². The van der Waals surface area contributed by atoms with E-state index in [9.17, 15) is 4.79 Å². The molecule has 0 bridgehead atoms. The minimum atomic E-state index is -0.996. The smallest absolute Gasteiger partial charge is 0.335 e. The molecule has 0 heterocycles. The largest absolute Gasteiger partial charge is 0.478 e. The highest BCUT2D eigenvalue weighted by Gasteiger charge is 2.07. The molecular weight excluding hydrogens is 230 g/mol. The first kappa shape index (κ1) is 18.3. The summed E-state index contributed by atoms with van der Waals surface area (Å²) in [5.74, 6) is -1.13. The lowest BCUT2D eigenvalue weighted by molar-refractivity contribution is 0.0697. The number of hydrogen-bond acceptors (Lipinski definition) is 2. The molecule has 102 valence electrons. The lowest BCUT2D eigenvalue weighted by atomic mass is 10.2. The highest BCUT2D eigenvalue weighted by atomic mass is 16.4. The second-order valence-corrected chi connectivity index (χ2v) is 2.80. The van der Waals surface area contributed by atoms with Crippen molar-refractivity contribution in [2.24, 2.45) is 5.73 Å². The van der Waals surface area contributed by atoms with Gasteiger partial charge in [0.1, 0.15) is 0 Å². The third kappa shape index (κ3) is 5.89. The molecule has 0 aliphatic carbocycles. The molecule has 5 heteroatoms. The number of hydrogen-bond donors (Lipinski definition) is 3. The van der Waals surface area contributed by atoms with Crippen LogP contribution in [0, 0.1) is 5.41 Å². The Hall–Kier alpha value is -2.04. The second kappa shape index (κ2) is 10.1. The quantitative estimate of drug-likeness (QED) is 0.558. The predicted octanol–water partition coefficient (Wildman–Crippen LogP) is 2.77. The van der Waals surface area contributed by atoms with Crippen molar-refractivity contribution in [2.45, 2.75) is 27.7 Å². The Bertz CT molecular complexity index is 378. The second-order valence-electron chi connectivity index (χ2n) is 2.80. The Morgan fingerprint density at radius 2 is 1.78 bits per heavy atom. The van der Waals surface area contributed by atoms with Gasteiger partial charge in [0.05, 0.1) is 5.56 Å². The molecule has 4 N–H and O–H groups in total. The normalized spacial score (nSPS) is 8.06. The summed E-state index contributed by atoms with van der Waals surface area (Å²) in [5, 5.41) is 15.9. The molecule has 0 unspecified atom stereocenters. The van der Waals surface area contributed by atoms with E-state index in [1.54, 1.807) is 19.2 Å². The molecule has 0 radical (unpaired) electrons. The molecule has 5 nitrogen and oxygen atoms in total. The van der Waals surface area contributed by atoms with Gasteiger partial charge in [0.15, 0.2) is 5.96 Å². The fourth-order valence-electron chi connectivity index (χ4n) is 0.987. The van der Waals surface area contributed by atoms with Gasteiger partial charge in [0, 0.05) is 12.7 Å². The maximum atomic E-state index is 10.6. The molecule has 18 heavy (non-hydrogen) atoms. The molecule has 0 aliphatic heterocycles. The Labute approximate surface area is 109 Å². The van der Waals surface area contributed by atoms with E-state index in [0.717, 1.165) is 0 Å². The van der Waals surface area contributed by atoms with Crippen LogP contribution >= 0.6 is 0 Å². The van der Waals surface area contributed by atoms with Crippen LogP contribution in [-0.4, -0.2) is 24.1 Å². The molecule has 0 saturated heterocycles. The number of aromatic carboxylic acids is 1. The number of nitrogens with zero attached hydrogens (tertiary/aromatic N) is 1. The molecule has 0 saturated carbocycles. The van der Waals surface area contributed by atoms with Crippen molar-refractivity contribution in [2.75, 3.05) is 11.9 Å². The van der Waals surface area contributed by atoms with Crippen LogP contribution in [0.15, 0.2) is 24.3 Å². The minimum absolute atomic E-state index is 0.132. The van der Waals surface area contributed by atoms with Gasteiger partial charge in [-0.15, -0.1) is 0 Å². The summed E-state index contributed by atoms with van der Waals surface area (Å²) >= 11 is 0. The van der Waals surface area contributed by atoms with Gasteiger partial charge in [0.2, 0.25) is 0 Å². The molecular formula is C13H23N3O2. The van der Waals surface area contributed by atoms with Crippen molar-refractivity contribution in [3.05, 3.63) is 29.8 Å². The van der Waals surface area contributed by atoms with Crippen molar-refractivity contribution in [3.63, 3.8) is 0 Å². The van der Waals surface area contributed by atoms with E-state index in [1.807, 2.05) is 27.7 Å². The standard InChI is InChI=1S/C9H11N3O2.2C2H6/c1-12(9(10)11)7-4-2-3-6(5-7)8(13)14;2*1-2/h2-5H,1H3,(H3,10,11)(H,13,14);2*1-2H3. The van der Waals surface area contributed by atoms with Crippen LogP contribution < -0.4 is 10.6 Å². The van der Waals surface area contributed by atoms with Crippen molar-refractivity contribution >= 4 is 17.6 Å². The first-order valence-electron chi connectivity index (χ1n) is 5.93. The first-order chi connectivity index (χ1) is 8.52. The van der Waals surface area contributed by atoms with Crippen molar-refractivity contribution in [3.8, 4) is 0 Å². The zero-order valence-electron chi connectivity index (χ0n) is 11.7. The van der Waals surface area contributed by atoms with Gasteiger partial charge in [-0.3, -0.25) is 5.41 Å². The van der Waals surface area contributed by atoms with Crippen LogP contribution in [0.4, 0.5) is 5.69 Å². The topological polar surface area (TPSA) is 90.4 Å². The SMILES string of the molecule is CC.CC.CN(C(=N)N)c1cccc(C(=O)O)c1. The number of carboxylic acid groups (broad SMARTS) is 1. The predicted molar refractivity (Wildman–Crippen MR) is 76.4 cm³/mol. The summed E-state index contributed by atoms with van der Waals surface area (Å²) in [6.45, 7) is 8.00. The average molecular weight is 253 g/mol. The summed E-state index contributed by atoms with van der Waals surface area (Å²) in [4.78, 5) is 12.0. The molecule has 0 atom stereocenters. The summed E-state index contributed by atoms with van der Waals surface area (Å²) in [5.41, 5.74) is 6.01. The molecule has 1 aromatic rings. The molecule has 0 spiro atoms. The highest BCUT2D eigenvalue weighted by molar-refractivity contribution is 5.94.